The highest BCUT2D eigenvalue weighted by Crippen LogP contribution is 2.24. The smallest absolute Gasteiger partial charge is 0.239 e. The number of hydrogen-bond donors (Lipinski definition) is 3. The molecule has 0 bridgehead atoms. The van der Waals surface area contributed by atoms with E-state index in [0.717, 1.165) is 25.2 Å². The van der Waals surface area contributed by atoms with Crippen LogP contribution in [0.5, 0.6) is 0 Å². The summed E-state index contributed by atoms with van der Waals surface area (Å²) in [6.07, 6.45) is 3.50. The van der Waals surface area contributed by atoms with Gasteiger partial charge in [-0.3, -0.25) is 4.79 Å². The molecular weight excluding hydrogens is 282 g/mol. The molecule has 0 aliphatic carbocycles. The highest BCUT2D eigenvalue weighted by molar-refractivity contribution is 5.81. The van der Waals surface area contributed by atoms with Crippen LogP contribution in [0.3, 0.4) is 0 Å². The van der Waals surface area contributed by atoms with Gasteiger partial charge in [-0.05, 0) is 33.6 Å². The van der Waals surface area contributed by atoms with Crippen molar-refractivity contribution in [2.75, 3.05) is 29.9 Å². The van der Waals surface area contributed by atoms with E-state index in [1.54, 1.807) is 0 Å². The van der Waals surface area contributed by atoms with E-state index in [2.05, 4.69) is 25.5 Å². The van der Waals surface area contributed by atoms with E-state index in [0.29, 0.717) is 5.82 Å². The van der Waals surface area contributed by atoms with Crippen LogP contribution in [0.15, 0.2) is 12.4 Å². The Morgan fingerprint density at radius 3 is 2.91 bits per heavy atom. The van der Waals surface area contributed by atoms with Gasteiger partial charge in [0, 0.05) is 18.2 Å². The Balaban J connectivity index is 1.96. The second kappa shape index (κ2) is 6.91. The molecule has 7 nitrogen and oxygen atoms in total. The summed E-state index contributed by atoms with van der Waals surface area (Å²) in [4.78, 5) is 22.3. The van der Waals surface area contributed by atoms with Crippen LogP contribution in [0.4, 0.5) is 11.6 Å². The fourth-order valence-electron chi connectivity index (χ4n) is 2.56. The van der Waals surface area contributed by atoms with Crippen molar-refractivity contribution < 1.29 is 9.90 Å². The first-order chi connectivity index (χ1) is 10.4. The van der Waals surface area contributed by atoms with Crippen molar-refractivity contribution in [1.82, 2.24) is 15.3 Å². The lowest BCUT2D eigenvalue weighted by Gasteiger charge is -2.24. The normalized spacial score (nSPS) is 18.4. The maximum absolute atomic E-state index is 11.8. The standard InChI is InChI=1S/C15H25N5O2/c1-15(2,3)19-14(22)8-16-12-7-13(18-10-17-12)20-6-4-5-11(20)9-21/h7,10-11,21H,4-6,8-9H2,1-3H3,(H,19,22)(H,16,17,18). The molecule has 0 aromatic carbocycles. The number of aliphatic hydroxyl groups excluding tert-OH is 1. The number of rotatable bonds is 5. The molecule has 0 saturated carbocycles. The maximum Gasteiger partial charge on any atom is 0.239 e. The predicted octanol–water partition coefficient (Wildman–Crippen LogP) is 0.764. The van der Waals surface area contributed by atoms with Crippen LogP contribution in [0.1, 0.15) is 33.6 Å². The number of amides is 1. The second-order valence-electron chi connectivity index (χ2n) is 6.59. The Morgan fingerprint density at radius 1 is 1.45 bits per heavy atom. The topological polar surface area (TPSA) is 90.4 Å². The van der Waals surface area contributed by atoms with Gasteiger partial charge >= 0.3 is 0 Å². The molecule has 3 N–H and O–H groups in total. The SMILES string of the molecule is CC(C)(C)NC(=O)CNc1cc(N2CCCC2CO)ncn1. The van der Waals surface area contributed by atoms with Gasteiger partial charge in [0.2, 0.25) is 5.91 Å². The third-order valence-electron chi connectivity index (χ3n) is 3.48. The van der Waals surface area contributed by atoms with E-state index in [4.69, 9.17) is 0 Å². The highest BCUT2D eigenvalue weighted by atomic mass is 16.3. The zero-order chi connectivity index (χ0) is 16.2. The Hall–Kier alpha value is -1.89. The van der Waals surface area contributed by atoms with Crippen molar-refractivity contribution in [2.45, 2.75) is 45.2 Å². The van der Waals surface area contributed by atoms with Crippen LogP contribution in [-0.4, -0.2) is 52.3 Å². The lowest BCUT2D eigenvalue weighted by molar-refractivity contribution is -0.120. The van der Waals surface area contributed by atoms with Gasteiger partial charge in [0.15, 0.2) is 0 Å². The van der Waals surface area contributed by atoms with Crippen molar-refractivity contribution in [3.63, 3.8) is 0 Å². The Kier molecular flexibility index (Phi) is 5.18. The van der Waals surface area contributed by atoms with E-state index in [1.807, 2.05) is 26.8 Å². The first-order valence-electron chi connectivity index (χ1n) is 7.63. The summed E-state index contributed by atoms with van der Waals surface area (Å²) in [5, 5.41) is 15.3. The number of carbonyl (C=O) groups excluding carboxylic acids is 1. The fraction of sp³-hybridized carbons (Fsp3) is 0.667. The van der Waals surface area contributed by atoms with Crippen LogP contribution in [-0.2, 0) is 4.79 Å². The molecule has 1 unspecified atom stereocenters. The van der Waals surface area contributed by atoms with Gasteiger partial charge in [0.25, 0.3) is 0 Å². The van der Waals surface area contributed by atoms with Crippen LogP contribution in [0.25, 0.3) is 0 Å². The highest BCUT2D eigenvalue weighted by Gasteiger charge is 2.25. The summed E-state index contributed by atoms with van der Waals surface area (Å²) in [5.41, 5.74) is -0.251. The summed E-state index contributed by atoms with van der Waals surface area (Å²) < 4.78 is 0. The minimum atomic E-state index is -0.251. The van der Waals surface area contributed by atoms with Crippen molar-refractivity contribution >= 4 is 17.5 Å². The zero-order valence-corrected chi connectivity index (χ0v) is 13.5. The molecular formula is C15H25N5O2. The molecule has 0 radical (unpaired) electrons. The molecule has 1 fully saturated rings. The van der Waals surface area contributed by atoms with E-state index in [-0.39, 0.29) is 30.6 Å². The number of carbonyl (C=O) groups is 1. The Labute approximate surface area is 131 Å². The lowest BCUT2D eigenvalue weighted by atomic mass is 10.1. The van der Waals surface area contributed by atoms with E-state index in [1.165, 1.54) is 6.33 Å². The average molecular weight is 307 g/mol. The molecule has 1 atom stereocenters. The van der Waals surface area contributed by atoms with Gasteiger partial charge in [-0.15, -0.1) is 0 Å². The zero-order valence-electron chi connectivity index (χ0n) is 13.5. The second-order valence-corrected chi connectivity index (χ2v) is 6.59. The van der Waals surface area contributed by atoms with Gasteiger partial charge in [-0.2, -0.15) is 0 Å². The number of aromatic nitrogens is 2. The molecule has 2 rings (SSSR count). The number of anilines is 2. The number of nitrogens with one attached hydrogen (secondary N) is 2. The van der Waals surface area contributed by atoms with Gasteiger partial charge in [0.05, 0.1) is 19.2 Å². The molecule has 1 aromatic rings. The molecule has 1 aliphatic heterocycles. The third kappa shape index (κ3) is 4.56. The van der Waals surface area contributed by atoms with Gasteiger partial charge in [-0.25, -0.2) is 9.97 Å². The van der Waals surface area contributed by atoms with E-state index >= 15 is 0 Å². The number of nitrogens with zero attached hydrogens (tertiary/aromatic N) is 3. The van der Waals surface area contributed by atoms with Crippen LogP contribution >= 0.6 is 0 Å². The van der Waals surface area contributed by atoms with Gasteiger partial charge in [-0.1, -0.05) is 0 Å². The molecule has 2 heterocycles. The molecule has 0 spiro atoms. The quantitative estimate of drug-likeness (QED) is 0.744. The van der Waals surface area contributed by atoms with Gasteiger partial charge < -0.3 is 20.6 Å². The first kappa shape index (κ1) is 16.5. The molecule has 1 aliphatic rings. The van der Waals surface area contributed by atoms with E-state index in [9.17, 15) is 9.90 Å². The lowest BCUT2D eigenvalue weighted by Crippen LogP contribution is -2.43. The average Bonchev–Trinajstić information content (AvgIpc) is 2.92. The predicted molar refractivity (Wildman–Crippen MR) is 85.9 cm³/mol. The van der Waals surface area contributed by atoms with Crippen molar-refractivity contribution in [3.05, 3.63) is 12.4 Å². The largest absolute Gasteiger partial charge is 0.394 e. The molecule has 122 valence electrons. The monoisotopic (exact) mass is 307 g/mol. The summed E-state index contributed by atoms with van der Waals surface area (Å²) >= 11 is 0. The van der Waals surface area contributed by atoms with Crippen molar-refractivity contribution in [3.8, 4) is 0 Å². The minimum Gasteiger partial charge on any atom is -0.394 e. The molecule has 1 saturated heterocycles. The molecule has 22 heavy (non-hydrogen) atoms. The number of hydrogen-bond acceptors (Lipinski definition) is 6. The summed E-state index contributed by atoms with van der Waals surface area (Å²) in [6.45, 7) is 6.99. The van der Waals surface area contributed by atoms with Crippen LogP contribution < -0.4 is 15.5 Å². The summed E-state index contributed by atoms with van der Waals surface area (Å²) in [5.74, 6) is 1.31. The molecule has 1 amide bonds. The molecule has 7 heteroatoms. The summed E-state index contributed by atoms with van der Waals surface area (Å²) in [7, 11) is 0. The van der Waals surface area contributed by atoms with Gasteiger partial charge in [0.1, 0.15) is 18.0 Å². The van der Waals surface area contributed by atoms with Crippen LogP contribution in [0.2, 0.25) is 0 Å². The molecule has 1 aromatic heterocycles. The van der Waals surface area contributed by atoms with Crippen molar-refractivity contribution in [1.29, 1.82) is 0 Å². The Bertz CT molecular complexity index is 515. The summed E-state index contributed by atoms with van der Waals surface area (Å²) in [6, 6.07) is 1.94. The number of aliphatic hydroxyl groups is 1. The van der Waals surface area contributed by atoms with Crippen LogP contribution in [0, 0.1) is 0 Å². The van der Waals surface area contributed by atoms with Crippen molar-refractivity contribution in [2.24, 2.45) is 0 Å². The Morgan fingerprint density at radius 2 is 2.23 bits per heavy atom. The first-order valence-corrected chi connectivity index (χ1v) is 7.63. The third-order valence-corrected chi connectivity index (χ3v) is 3.48. The van der Waals surface area contributed by atoms with E-state index < -0.39 is 0 Å². The fourth-order valence-corrected chi connectivity index (χ4v) is 2.56. The minimum absolute atomic E-state index is 0.0814. The maximum atomic E-state index is 11.8.